The molecule has 0 unspecified atom stereocenters. The summed E-state index contributed by atoms with van der Waals surface area (Å²) in [6.07, 6.45) is -1.03. The van der Waals surface area contributed by atoms with Gasteiger partial charge in [0.2, 0.25) is 5.91 Å². The van der Waals surface area contributed by atoms with Crippen LogP contribution in [0.2, 0.25) is 5.02 Å². The van der Waals surface area contributed by atoms with E-state index in [1.165, 1.54) is 24.3 Å². The van der Waals surface area contributed by atoms with Gasteiger partial charge in [-0.05, 0) is 66.2 Å². The number of para-hydroxylation sites is 1. The summed E-state index contributed by atoms with van der Waals surface area (Å²) >= 11 is 6.00. The molecular weight excluding hydrogens is 540 g/mol. The first-order valence-electron chi connectivity index (χ1n) is 12.1. The summed E-state index contributed by atoms with van der Waals surface area (Å²) in [6, 6.07) is 29.2. The number of nitrogens with zero attached hydrogens (tertiary/aromatic N) is 2. The van der Waals surface area contributed by atoms with Crippen LogP contribution in [0.25, 0.3) is 0 Å². The number of hydroxylamine groups is 1. The second kappa shape index (κ2) is 9.85. The average Bonchev–Trinajstić information content (AvgIpc) is 3.46. The molecule has 2 aliphatic rings. The van der Waals surface area contributed by atoms with Gasteiger partial charge in [0.1, 0.15) is 16.6 Å². The van der Waals surface area contributed by atoms with Gasteiger partial charge in [0.15, 0.2) is 6.10 Å². The Hall–Kier alpha value is -4.18. The first-order valence-corrected chi connectivity index (χ1v) is 13.9. The van der Waals surface area contributed by atoms with Crippen LogP contribution in [0.1, 0.15) is 11.6 Å². The molecular formula is C29H21ClN2O6S. The first kappa shape index (κ1) is 25.1. The van der Waals surface area contributed by atoms with Crippen LogP contribution < -0.4 is 14.1 Å². The Morgan fingerprint density at radius 1 is 0.718 bits per heavy atom. The summed E-state index contributed by atoms with van der Waals surface area (Å²) in [5, 5.41) is 2.06. The fraction of sp³-hybridized carbons (Fsp3) is 0.103. The molecule has 39 heavy (non-hydrogen) atoms. The van der Waals surface area contributed by atoms with E-state index in [0.717, 1.165) is 4.90 Å². The van der Waals surface area contributed by atoms with Crippen molar-refractivity contribution in [1.29, 1.82) is 0 Å². The number of hydrogen-bond donors (Lipinski definition) is 0. The van der Waals surface area contributed by atoms with Gasteiger partial charge in [-0.1, -0.05) is 60.1 Å². The summed E-state index contributed by atoms with van der Waals surface area (Å²) in [6.45, 7) is 0. The number of halogens is 1. The maximum atomic E-state index is 13.7. The van der Waals surface area contributed by atoms with E-state index in [2.05, 4.69) is 0 Å². The lowest BCUT2D eigenvalue weighted by Crippen LogP contribution is -2.37. The molecule has 0 saturated carbocycles. The van der Waals surface area contributed by atoms with Crippen LogP contribution in [0, 0.1) is 5.92 Å². The molecule has 6 rings (SSSR count). The van der Waals surface area contributed by atoms with Crippen LogP contribution >= 0.6 is 11.6 Å². The van der Waals surface area contributed by atoms with Crippen molar-refractivity contribution in [3.8, 4) is 5.75 Å². The lowest BCUT2D eigenvalue weighted by atomic mass is 9.90. The summed E-state index contributed by atoms with van der Waals surface area (Å²) in [4.78, 5) is 34.4. The number of carbonyl (C=O) groups excluding carboxylic acids is 2. The highest BCUT2D eigenvalue weighted by Gasteiger charge is 2.60. The number of fused-ring (bicyclic) bond motifs is 1. The predicted octanol–water partition coefficient (Wildman–Crippen LogP) is 5.16. The van der Waals surface area contributed by atoms with Gasteiger partial charge >= 0.3 is 10.1 Å². The van der Waals surface area contributed by atoms with Crippen LogP contribution in [0.3, 0.4) is 0 Å². The third-order valence-corrected chi connectivity index (χ3v) is 8.18. The Morgan fingerprint density at radius 2 is 1.33 bits per heavy atom. The highest BCUT2D eigenvalue weighted by atomic mass is 35.5. The van der Waals surface area contributed by atoms with Gasteiger partial charge in [-0.25, -0.2) is 9.96 Å². The lowest BCUT2D eigenvalue weighted by molar-refractivity contribution is -0.126. The molecule has 3 atom stereocenters. The fourth-order valence-electron chi connectivity index (χ4n) is 4.88. The zero-order valence-electron chi connectivity index (χ0n) is 20.3. The molecule has 2 amide bonds. The molecule has 0 bridgehead atoms. The highest BCUT2D eigenvalue weighted by Crippen LogP contribution is 2.47. The third-order valence-electron chi connectivity index (χ3n) is 6.67. The Kier molecular flexibility index (Phi) is 6.34. The van der Waals surface area contributed by atoms with Gasteiger partial charge in [-0.2, -0.15) is 8.42 Å². The van der Waals surface area contributed by atoms with Crippen molar-refractivity contribution in [3.05, 3.63) is 120 Å². The molecule has 0 spiro atoms. The molecule has 4 aromatic rings. The van der Waals surface area contributed by atoms with Crippen molar-refractivity contribution < 1.29 is 27.0 Å². The zero-order chi connectivity index (χ0) is 27.1. The van der Waals surface area contributed by atoms with E-state index in [9.17, 15) is 18.0 Å². The first-order chi connectivity index (χ1) is 18.8. The fourth-order valence-corrected chi connectivity index (χ4v) is 5.96. The van der Waals surface area contributed by atoms with Crippen LogP contribution in [-0.4, -0.2) is 26.3 Å². The van der Waals surface area contributed by atoms with Crippen molar-refractivity contribution in [2.24, 2.45) is 5.92 Å². The molecule has 4 aromatic carbocycles. The molecule has 8 nitrogen and oxygen atoms in total. The highest BCUT2D eigenvalue weighted by molar-refractivity contribution is 7.87. The predicted molar refractivity (Wildman–Crippen MR) is 145 cm³/mol. The second-order valence-electron chi connectivity index (χ2n) is 9.07. The monoisotopic (exact) mass is 560 g/mol. The van der Waals surface area contributed by atoms with E-state index in [1.807, 2.05) is 30.3 Å². The average molecular weight is 561 g/mol. The topological polar surface area (TPSA) is 93.2 Å². The molecule has 2 saturated heterocycles. The van der Waals surface area contributed by atoms with E-state index in [-0.39, 0.29) is 10.6 Å². The molecule has 2 aliphatic heterocycles. The number of amides is 2. The minimum Gasteiger partial charge on any atom is -0.379 e. The van der Waals surface area contributed by atoms with E-state index in [1.54, 1.807) is 59.7 Å². The van der Waals surface area contributed by atoms with Crippen molar-refractivity contribution in [3.63, 3.8) is 0 Å². The maximum absolute atomic E-state index is 13.7. The van der Waals surface area contributed by atoms with E-state index in [4.69, 9.17) is 20.6 Å². The molecule has 0 radical (unpaired) electrons. The molecule has 196 valence electrons. The SMILES string of the molecule is O=C1[C@@H]2[C@@H](c3ccc(OS(=O)(=O)c4ccccc4)cc3)N(c3ccccc3)O[C@H]2C(=O)N1c1ccc(Cl)cc1. The van der Waals surface area contributed by atoms with Gasteiger partial charge in [0, 0.05) is 5.02 Å². The number of hydrogen-bond acceptors (Lipinski definition) is 7. The van der Waals surface area contributed by atoms with Gasteiger partial charge in [0.25, 0.3) is 5.91 Å². The molecule has 2 fully saturated rings. The quantitative estimate of drug-likeness (QED) is 0.237. The Balaban J connectivity index is 1.34. The number of imide groups is 1. The number of benzene rings is 4. The molecule has 0 N–H and O–H groups in total. The maximum Gasteiger partial charge on any atom is 0.339 e. The van der Waals surface area contributed by atoms with E-state index >= 15 is 0 Å². The van der Waals surface area contributed by atoms with Crippen LogP contribution in [0.5, 0.6) is 5.75 Å². The van der Waals surface area contributed by atoms with Gasteiger partial charge < -0.3 is 4.18 Å². The Labute approximate surface area is 230 Å². The van der Waals surface area contributed by atoms with Crippen molar-refractivity contribution in [1.82, 2.24) is 0 Å². The second-order valence-corrected chi connectivity index (χ2v) is 11.0. The Bertz CT molecular complexity index is 1630. The van der Waals surface area contributed by atoms with E-state index < -0.39 is 40.0 Å². The number of rotatable bonds is 6. The van der Waals surface area contributed by atoms with Crippen LogP contribution in [-0.2, 0) is 24.5 Å². The molecule has 0 aliphatic carbocycles. The molecule has 0 aromatic heterocycles. The van der Waals surface area contributed by atoms with Crippen molar-refractivity contribution in [2.45, 2.75) is 17.0 Å². The number of carbonyl (C=O) groups is 2. The third kappa shape index (κ3) is 4.54. The minimum atomic E-state index is -4.02. The van der Waals surface area contributed by atoms with Crippen LogP contribution in [0.4, 0.5) is 11.4 Å². The zero-order valence-corrected chi connectivity index (χ0v) is 21.8. The van der Waals surface area contributed by atoms with Crippen LogP contribution in [0.15, 0.2) is 114 Å². The molecule has 10 heteroatoms. The van der Waals surface area contributed by atoms with Gasteiger partial charge in [-0.3, -0.25) is 14.4 Å². The minimum absolute atomic E-state index is 0.0359. The largest absolute Gasteiger partial charge is 0.379 e. The Morgan fingerprint density at radius 3 is 1.97 bits per heavy atom. The van der Waals surface area contributed by atoms with Gasteiger partial charge in [-0.15, -0.1) is 0 Å². The standard InChI is InChI=1S/C29H21ClN2O6S/c30-20-13-15-21(16-14-20)31-28(33)25-26(32(37-27(25)29(31)34)22-7-3-1-4-8-22)19-11-17-23(18-12-19)38-39(35,36)24-9-5-2-6-10-24/h1-18,25-27H/t25-,26-,27-/m1/s1. The summed E-state index contributed by atoms with van der Waals surface area (Å²) in [5.74, 6) is -1.60. The van der Waals surface area contributed by atoms with E-state index in [0.29, 0.717) is 22.0 Å². The normalized spacial score (nSPS) is 20.8. The summed E-state index contributed by atoms with van der Waals surface area (Å²) in [7, 11) is -4.02. The van der Waals surface area contributed by atoms with Crippen molar-refractivity contribution in [2.75, 3.05) is 9.96 Å². The number of anilines is 2. The van der Waals surface area contributed by atoms with Gasteiger partial charge in [0.05, 0.1) is 17.4 Å². The smallest absolute Gasteiger partial charge is 0.339 e. The summed E-state index contributed by atoms with van der Waals surface area (Å²) < 4.78 is 30.6. The summed E-state index contributed by atoms with van der Waals surface area (Å²) in [5.41, 5.74) is 1.73. The lowest BCUT2D eigenvalue weighted by Gasteiger charge is -2.28. The van der Waals surface area contributed by atoms with Crippen molar-refractivity contribution >= 4 is 44.9 Å². The molecule has 2 heterocycles.